The molecule has 0 spiro atoms. The van der Waals surface area contributed by atoms with Crippen LogP contribution in [0.2, 0.25) is 5.02 Å². The maximum atomic E-state index is 12.8. The molecule has 0 aliphatic rings. The number of amides is 2. The van der Waals surface area contributed by atoms with Gasteiger partial charge in [0.2, 0.25) is 5.91 Å². The summed E-state index contributed by atoms with van der Waals surface area (Å²) >= 11 is 6.01. The number of halogens is 1. The molecule has 0 saturated heterocycles. The molecule has 0 bridgehead atoms. The van der Waals surface area contributed by atoms with Crippen molar-refractivity contribution in [3.8, 4) is 11.1 Å². The van der Waals surface area contributed by atoms with E-state index in [1.54, 1.807) is 41.2 Å². The van der Waals surface area contributed by atoms with Gasteiger partial charge in [-0.1, -0.05) is 35.9 Å². The molecule has 0 radical (unpaired) electrons. The van der Waals surface area contributed by atoms with Crippen LogP contribution in [0.4, 0.5) is 0 Å². The molecule has 0 aliphatic carbocycles. The van der Waals surface area contributed by atoms with Crippen LogP contribution < -0.4 is 11.1 Å². The van der Waals surface area contributed by atoms with Crippen LogP contribution >= 0.6 is 11.6 Å². The molecule has 0 fully saturated rings. The molecule has 0 saturated carbocycles. The highest BCUT2D eigenvalue weighted by Gasteiger charge is 2.17. The predicted octanol–water partition coefficient (Wildman–Crippen LogP) is 3.92. The standard InChI is InChI=1S/C23H19ClN4O2/c1-28-20(23(30)27-11-14-4-2-7-17(24)8-14)10-18-19(12-26-13-21(18)28)15-5-3-6-16(9-15)22(25)29/h2-10,12-13H,11H2,1H3,(H2,25,29)(H,27,30). The van der Waals surface area contributed by atoms with Gasteiger partial charge in [-0.15, -0.1) is 0 Å². The Morgan fingerprint density at radius 3 is 2.67 bits per heavy atom. The SMILES string of the molecule is Cn1c(C(=O)NCc2cccc(Cl)c2)cc2c(-c3cccc(C(N)=O)c3)cncc21. The van der Waals surface area contributed by atoms with Crippen LogP contribution in [-0.2, 0) is 13.6 Å². The molecule has 4 rings (SSSR count). The second-order valence-electron chi connectivity index (χ2n) is 6.97. The zero-order valence-corrected chi connectivity index (χ0v) is 17.0. The first-order valence-electron chi connectivity index (χ1n) is 9.30. The lowest BCUT2D eigenvalue weighted by Crippen LogP contribution is -2.24. The minimum atomic E-state index is -0.494. The number of carbonyl (C=O) groups is 2. The fourth-order valence-corrected chi connectivity index (χ4v) is 3.66. The smallest absolute Gasteiger partial charge is 0.268 e. The van der Waals surface area contributed by atoms with E-state index < -0.39 is 5.91 Å². The Balaban J connectivity index is 1.68. The summed E-state index contributed by atoms with van der Waals surface area (Å²) in [6, 6.07) is 16.2. The largest absolute Gasteiger partial charge is 0.366 e. The molecule has 0 atom stereocenters. The van der Waals surface area contributed by atoms with Gasteiger partial charge in [0.05, 0.1) is 11.7 Å². The van der Waals surface area contributed by atoms with Crippen molar-refractivity contribution in [2.75, 3.05) is 0 Å². The number of nitrogens with zero attached hydrogens (tertiary/aromatic N) is 2. The first-order chi connectivity index (χ1) is 14.4. The number of primary amides is 1. The second kappa shape index (κ2) is 8.00. The maximum Gasteiger partial charge on any atom is 0.268 e. The van der Waals surface area contributed by atoms with Gasteiger partial charge in [0.15, 0.2) is 0 Å². The summed E-state index contributed by atoms with van der Waals surface area (Å²) in [6.45, 7) is 0.368. The van der Waals surface area contributed by atoms with Gasteiger partial charge in [-0.05, 0) is 41.5 Å². The van der Waals surface area contributed by atoms with E-state index in [0.29, 0.717) is 22.8 Å². The van der Waals surface area contributed by atoms with Crippen molar-refractivity contribution in [3.63, 3.8) is 0 Å². The number of nitrogens with one attached hydrogen (secondary N) is 1. The van der Waals surface area contributed by atoms with E-state index in [2.05, 4.69) is 10.3 Å². The minimum absolute atomic E-state index is 0.203. The minimum Gasteiger partial charge on any atom is -0.366 e. The van der Waals surface area contributed by atoms with Crippen LogP contribution in [0.25, 0.3) is 22.0 Å². The van der Waals surface area contributed by atoms with Gasteiger partial charge in [0, 0.05) is 41.3 Å². The van der Waals surface area contributed by atoms with Crippen LogP contribution in [0.3, 0.4) is 0 Å². The topological polar surface area (TPSA) is 90.0 Å². The molecule has 0 aliphatic heterocycles. The number of pyridine rings is 1. The van der Waals surface area contributed by atoms with Crippen LogP contribution in [0.1, 0.15) is 26.4 Å². The third kappa shape index (κ3) is 3.77. The van der Waals surface area contributed by atoms with Gasteiger partial charge in [-0.2, -0.15) is 0 Å². The molecule has 2 heterocycles. The summed E-state index contributed by atoms with van der Waals surface area (Å²) in [7, 11) is 1.82. The Kier molecular flexibility index (Phi) is 5.25. The number of aromatic nitrogens is 2. The zero-order valence-electron chi connectivity index (χ0n) is 16.2. The number of fused-ring (bicyclic) bond motifs is 1. The van der Waals surface area contributed by atoms with Crippen molar-refractivity contribution in [2.45, 2.75) is 6.54 Å². The summed E-state index contributed by atoms with van der Waals surface area (Å²) in [5.74, 6) is -0.698. The van der Waals surface area contributed by atoms with Gasteiger partial charge in [0.1, 0.15) is 5.69 Å². The molecule has 3 N–H and O–H groups in total. The zero-order chi connectivity index (χ0) is 21.3. The van der Waals surface area contributed by atoms with E-state index in [4.69, 9.17) is 17.3 Å². The number of carbonyl (C=O) groups excluding carboxylic acids is 2. The molecule has 150 valence electrons. The van der Waals surface area contributed by atoms with Crippen molar-refractivity contribution < 1.29 is 9.59 Å². The quantitative estimate of drug-likeness (QED) is 0.514. The fraction of sp³-hybridized carbons (Fsp3) is 0.0870. The lowest BCUT2D eigenvalue weighted by Gasteiger charge is -2.07. The molecule has 30 heavy (non-hydrogen) atoms. The Morgan fingerprint density at radius 2 is 1.90 bits per heavy atom. The third-order valence-corrected chi connectivity index (χ3v) is 5.24. The first-order valence-corrected chi connectivity index (χ1v) is 9.68. The van der Waals surface area contributed by atoms with E-state index in [1.165, 1.54) is 0 Å². The summed E-state index contributed by atoms with van der Waals surface area (Å²) in [5.41, 5.74) is 9.69. The molecular weight excluding hydrogens is 400 g/mol. The van der Waals surface area contributed by atoms with Crippen LogP contribution in [0.5, 0.6) is 0 Å². The van der Waals surface area contributed by atoms with Gasteiger partial charge < -0.3 is 15.6 Å². The predicted molar refractivity (Wildman–Crippen MR) is 117 cm³/mol. The van der Waals surface area contributed by atoms with Gasteiger partial charge in [0.25, 0.3) is 5.91 Å². The van der Waals surface area contributed by atoms with E-state index >= 15 is 0 Å². The summed E-state index contributed by atoms with van der Waals surface area (Å²) < 4.78 is 1.80. The summed E-state index contributed by atoms with van der Waals surface area (Å²) in [6.07, 6.45) is 3.43. The molecule has 2 aromatic carbocycles. The van der Waals surface area contributed by atoms with E-state index in [-0.39, 0.29) is 5.91 Å². The molecule has 4 aromatic rings. The second-order valence-corrected chi connectivity index (χ2v) is 7.40. The first kappa shape index (κ1) is 19.7. The molecule has 0 unspecified atom stereocenters. The van der Waals surface area contributed by atoms with Gasteiger partial charge in [-0.25, -0.2) is 0 Å². The number of aryl methyl sites for hydroxylation is 1. The van der Waals surface area contributed by atoms with Crippen molar-refractivity contribution in [1.82, 2.24) is 14.9 Å². The molecular formula is C23H19ClN4O2. The maximum absolute atomic E-state index is 12.8. The average Bonchev–Trinajstić information content (AvgIpc) is 3.09. The molecule has 6 nitrogen and oxygen atoms in total. The number of hydrogen-bond donors (Lipinski definition) is 2. The number of hydrogen-bond acceptors (Lipinski definition) is 3. The monoisotopic (exact) mass is 418 g/mol. The third-order valence-electron chi connectivity index (χ3n) is 5.00. The van der Waals surface area contributed by atoms with Crippen molar-refractivity contribution >= 4 is 34.3 Å². The number of benzene rings is 2. The highest BCUT2D eigenvalue weighted by molar-refractivity contribution is 6.30. The van der Waals surface area contributed by atoms with Crippen molar-refractivity contribution in [3.05, 3.63) is 88.8 Å². The molecule has 7 heteroatoms. The van der Waals surface area contributed by atoms with E-state index in [1.807, 2.05) is 37.4 Å². The van der Waals surface area contributed by atoms with Crippen LogP contribution in [0.15, 0.2) is 67.0 Å². The van der Waals surface area contributed by atoms with Crippen LogP contribution in [-0.4, -0.2) is 21.4 Å². The Labute approximate surface area is 178 Å². The van der Waals surface area contributed by atoms with Crippen LogP contribution in [0, 0.1) is 0 Å². The Morgan fingerprint density at radius 1 is 1.10 bits per heavy atom. The van der Waals surface area contributed by atoms with Crippen molar-refractivity contribution in [2.24, 2.45) is 12.8 Å². The van der Waals surface area contributed by atoms with Gasteiger partial charge >= 0.3 is 0 Å². The lowest BCUT2D eigenvalue weighted by molar-refractivity contribution is 0.0942. The Hall–Kier alpha value is -3.64. The lowest BCUT2D eigenvalue weighted by atomic mass is 10.0. The molecule has 2 amide bonds. The van der Waals surface area contributed by atoms with Gasteiger partial charge in [-0.3, -0.25) is 14.6 Å². The fourth-order valence-electron chi connectivity index (χ4n) is 3.45. The van der Waals surface area contributed by atoms with E-state index in [0.717, 1.165) is 27.6 Å². The Bertz CT molecular complexity index is 1280. The van der Waals surface area contributed by atoms with E-state index in [9.17, 15) is 9.59 Å². The average molecular weight is 419 g/mol. The van der Waals surface area contributed by atoms with Crippen molar-refractivity contribution in [1.29, 1.82) is 0 Å². The highest BCUT2D eigenvalue weighted by atomic mass is 35.5. The summed E-state index contributed by atoms with van der Waals surface area (Å²) in [5, 5.41) is 4.42. The normalized spacial score (nSPS) is 10.9. The number of nitrogens with two attached hydrogens (primary N) is 1. The number of rotatable bonds is 5. The molecule has 2 aromatic heterocycles. The highest BCUT2D eigenvalue weighted by Crippen LogP contribution is 2.30. The summed E-state index contributed by atoms with van der Waals surface area (Å²) in [4.78, 5) is 28.7.